The molecule has 0 atom stereocenters. The lowest BCUT2D eigenvalue weighted by atomic mass is 10.1. The fraction of sp³-hybridized carbons (Fsp3) is 0.600. The zero-order valence-corrected chi connectivity index (χ0v) is 15.8. The number of nitrogens with zero attached hydrogens (tertiary/aromatic N) is 2. The number of imidazole rings is 1. The molecule has 1 aliphatic carbocycles. The molecule has 2 aliphatic rings. The number of H-pyrrole nitrogens is 1. The first kappa shape index (κ1) is 18.3. The van der Waals surface area contributed by atoms with Gasteiger partial charge in [0.1, 0.15) is 0 Å². The van der Waals surface area contributed by atoms with Crippen molar-refractivity contribution in [2.45, 2.75) is 38.1 Å². The van der Waals surface area contributed by atoms with Gasteiger partial charge >= 0.3 is 5.69 Å². The van der Waals surface area contributed by atoms with Crippen LogP contribution in [-0.2, 0) is 0 Å². The molecule has 2 fully saturated rings. The molecule has 0 spiro atoms. The summed E-state index contributed by atoms with van der Waals surface area (Å²) in [6, 6.07) is 5.82. The number of fused-ring (bicyclic) bond motifs is 1. The molecule has 3 N–H and O–H groups in total. The molecule has 0 unspecified atom stereocenters. The zero-order valence-electron chi connectivity index (χ0n) is 15.8. The highest BCUT2D eigenvalue weighted by Crippen LogP contribution is 2.30. The summed E-state index contributed by atoms with van der Waals surface area (Å²) in [5.74, 6) is -0.0772. The average Bonchev–Trinajstić information content (AvgIpc) is 3.31. The van der Waals surface area contributed by atoms with Crippen molar-refractivity contribution in [1.82, 2.24) is 25.1 Å². The molecule has 1 saturated carbocycles. The molecule has 1 amide bonds. The van der Waals surface area contributed by atoms with Crippen LogP contribution in [0.15, 0.2) is 23.0 Å². The van der Waals surface area contributed by atoms with Gasteiger partial charge < -0.3 is 20.5 Å². The summed E-state index contributed by atoms with van der Waals surface area (Å²) in [5.41, 5.74) is 2.19. The smallest absolute Gasteiger partial charge is 0.326 e. The predicted molar refractivity (Wildman–Crippen MR) is 106 cm³/mol. The second kappa shape index (κ2) is 8.27. The van der Waals surface area contributed by atoms with E-state index in [9.17, 15) is 9.59 Å². The van der Waals surface area contributed by atoms with Crippen molar-refractivity contribution in [2.75, 3.05) is 39.3 Å². The molecule has 4 rings (SSSR count). The van der Waals surface area contributed by atoms with Crippen LogP contribution in [0.5, 0.6) is 0 Å². The summed E-state index contributed by atoms with van der Waals surface area (Å²) in [4.78, 5) is 30.2. The Morgan fingerprint density at radius 3 is 2.74 bits per heavy atom. The summed E-state index contributed by atoms with van der Waals surface area (Å²) in [5, 5.41) is 6.34. The maximum absolute atomic E-state index is 12.5. The third-order valence-corrected chi connectivity index (χ3v) is 5.81. The molecule has 0 radical (unpaired) electrons. The standard InChI is InChI=1S/C20H29N5O2/c26-19(22-8-3-11-24-12-9-21-10-13-24)15-6-7-18-17(14-15)23-20(27)25(18)16-4-1-2-5-16/h6-7,14,16,21H,1-5,8-13H2,(H,22,26)(H,23,27). The first-order valence-corrected chi connectivity index (χ1v) is 10.2. The van der Waals surface area contributed by atoms with Crippen LogP contribution in [-0.4, -0.2) is 59.6 Å². The van der Waals surface area contributed by atoms with E-state index in [4.69, 9.17) is 0 Å². The summed E-state index contributed by atoms with van der Waals surface area (Å²) in [7, 11) is 0. The van der Waals surface area contributed by atoms with Crippen LogP contribution < -0.4 is 16.3 Å². The van der Waals surface area contributed by atoms with E-state index in [0.717, 1.165) is 63.0 Å². The monoisotopic (exact) mass is 371 g/mol. The van der Waals surface area contributed by atoms with Crippen LogP contribution in [0.2, 0.25) is 0 Å². The molecule has 1 saturated heterocycles. The van der Waals surface area contributed by atoms with E-state index >= 15 is 0 Å². The van der Waals surface area contributed by atoms with Gasteiger partial charge in [-0.15, -0.1) is 0 Å². The number of amides is 1. The third-order valence-electron chi connectivity index (χ3n) is 5.81. The van der Waals surface area contributed by atoms with Crippen molar-refractivity contribution in [3.05, 3.63) is 34.2 Å². The normalized spacial score (nSPS) is 19.0. The highest BCUT2D eigenvalue weighted by Gasteiger charge is 2.21. The molecular weight excluding hydrogens is 342 g/mol. The van der Waals surface area contributed by atoms with E-state index in [0.29, 0.717) is 12.1 Å². The Morgan fingerprint density at radius 2 is 1.96 bits per heavy atom. The molecule has 7 nitrogen and oxygen atoms in total. The van der Waals surface area contributed by atoms with Gasteiger partial charge in [0.15, 0.2) is 0 Å². The lowest BCUT2D eigenvalue weighted by Gasteiger charge is -2.27. The number of nitrogens with one attached hydrogen (secondary N) is 3. The van der Waals surface area contributed by atoms with Gasteiger partial charge in [0, 0.05) is 44.3 Å². The first-order valence-electron chi connectivity index (χ1n) is 10.2. The van der Waals surface area contributed by atoms with E-state index in [1.54, 1.807) is 6.07 Å². The van der Waals surface area contributed by atoms with Crippen LogP contribution in [0.3, 0.4) is 0 Å². The first-order chi connectivity index (χ1) is 13.2. The van der Waals surface area contributed by atoms with Gasteiger partial charge in [0.25, 0.3) is 5.91 Å². The van der Waals surface area contributed by atoms with Crippen LogP contribution in [0, 0.1) is 0 Å². The van der Waals surface area contributed by atoms with E-state index in [2.05, 4.69) is 20.5 Å². The van der Waals surface area contributed by atoms with Crippen LogP contribution in [0.1, 0.15) is 48.5 Å². The average molecular weight is 371 g/mol. The molecule has 146 valence electrons. The van der Waals surface area contributed by atoms with Crippen LogP contribution >= 0.6 is 0 Å². The lowest BCUT2D eigenvalue weighted by Crippen LogP contribution is -2.44. The van der Waals surface area contributed by atoms with Crippen molar-refractivity contribution >= 4 is 16.9 Å². The van der Waals surface area contributed by atoms with Crippen molar-refractivity contribution in [2.24, 2.45) is 0 Å². The molecule has 1 aliphatic heterocycles. The van der Waals surface area contributed by atoms with Crippen molar-refractivity contribution in [1.29, 1.82) is 0 Å². The molecule has 7 heteroatoms. The number of aromatic nitrogens is 2. The summed E-state index contributed by atoms with van der Waals surface area (Å²) in [6.07, 6.45) is 5.42. The summed E-state index contributed by atoms with van der Waals surface area (Å²) < 4.78 is 1.87. The predicted octanol–water partition coefficient (Wildman–Crippen LogP) is 1.47. The molecule has 2 aromatic rings. The van der Waals surface area contributed by atoms with Crippen molar-refractivity contribution in [3.63, 3.8) is 0 Å². The molecular formula is C20H29N5O2. The van der Waals surface area contributed by atoms with E-state index in [-0.39, 0.29) is 17.6 Å². The number of aromatic amines is 1. The Hall–Kier alpha value is -2.12. The SMILES string of the molecule is O=C(NCCCN1CCNCC1)c1ccc2c(c1)[nH]c(=O)n2C1CCCC1. The Bertz CT molecular complexity index is 844. The maximum atomic E-state index is 12.5. The third kappa shape index (κ3) is 4.09. The zero-order chi connectivity index (χ0) is 18.6. The summed E-state index contributed by atoms with van der Waals surface area (Å²) >= 11 is 0. The molecule has 27 heavy (non-hydrogen) atoms. The Labute approximate surface area is 159 Å². The van der Waals surface area contributed by atoms with Gasteiger partial charge in [0.2, 0.25) is 0 Å². The summed E-state index contributed by atoms with van der Waals surface area (Å²) in [6.45, 7) is 5.93. The Balaban J connectivity index is 1.36. The van der Waals surface area contributed by atoms with Crippen LogP contribution in [0.25, 0.3) is 11.0 Å². The van der Waals surface area contributed by atoms with E-state index < -0.39 is 0 Å². The van der Waals surface area contributed by atoms with Crippen molar-refractivity contribution < 1.29 is 4.79 Å². The second-order valence-corrected chi connectivity index (χ2v) is 7.67. The number of piperazine rings is 1. The van der Waals surface area contributed by atoms with Crippen LogP contribution in [0.4, 0.5) is 0 Å². The quantitative estimate of drug-likeness (QED) is 0.672. The van der Waals surface area contributed by atoms with Gasteiger partial charge in [0.05, 0.1) is 11.0 Å². The lowest BCUT2D eigenvalue weighted by molar-refractivity contribution is 0.0951. The second-order valence-electron chi connectivity index (χ2n) is 7.67. The van der Waals surface area contributed by atoms with Gasteiger partial charge in [-0.25, -0.2) is 4.79 Å². The minimum absolute atomic E-state index is 0.0644. The van der Waals surface area contributed by atoms with Crippen molar-refractivity contribution in [3.8, 4) is 0 Å². The molecule has 1 aromatic heterocycles. The van der Waals surface area contributed by atoms with Gasteiger partial charge in [-0.3, -0.25) is 9.36 Å². The number of carbonyl (C=O) groups excluding carboxylic acids is 1. The Kier molecular flexibility index (Phi) is 5.59. The number of hydrogen-bond donors (Lipinski definition) is 3. The van der Waals surface area contributed by atoms with E-state index in [1.165, 1.54) is 12.8 Å². The fourth-order valence-corrected chi connectivity index (χ4v) is 4.34. The molecule has 0 bridgehead atoms. The minimum Gasteiger partial charge on any atom is -0.352 e. The van der Waals surface area contributed by atoms with Gasteiger partial charge in [-0.05, 0) is 44.0 Å². The molecule has 1 aromatic carbocycles. The van der Waals surface area contributed by atoms with Gasteiger partial charge in [-0.2, -0.15) is 0 Å². The number of carbonyl (C=O) groups is 1. The number of rotatable bonds is 6. The molecule has 2 heterocycles. The number of benzene rings is 1. The fourth-order valence-electron chi connectivity index (χ4n) is 4.34. The highest BCUT2D eigenvalue weighted by atomic mass is 16.2. The van der Waals surface area contributed by atoms with E-state index in [1.807, 2.05) is 16.7 Å². The Morgan fingerprint density at radius 1 is 1.19 bits per heavy atom. The topological polar surface area (TPSA) is 82.2 Å². The maximum Gasteiger partial charge on any atom is 0.326 e. The number of hydrogen-bond acceptors (Lipinski definition) is 4. The largest absolute Gasteiger partial charge is 0.352 e. The highest BCUT2D eigenvalue weighted by molar-refractivity contribution is 5.97. The minimum atomic E-state index is -0.0772. The van der Waals surface area contributed by atoms with Gasteiger partial charge in [-0.1, -0.05) is 12.8 Å².